The van der Waals surface area contributed by atoms with Gasteiger partial charge in [0.15, 0.2) is 0 Å². The molecule has 0 bridgehead atoms. The van der Waals surface area contributed by atoms with Crippen LogP contribution in [0, 0.1) is 5.82 Å². The van der Waals surface area contributed by atoms with Crippen molar-refractivity contribution in [2.45, 2.75) is 0 Å². The van der Waals surface area contributed by atoms with Crippen molar-refractivity contribution in [3.63, 3.8) is 0 Å². The molecule has 12 heavy (non-hydrogen) atoms. The molecule has 1 aromatic carbocycles. The fourth-order valence-electron chi connectivity index (χ4n) is 0.822. The molecule has 0 aromatic heterocycles. The van der Waals surface area contributed by atoms with Crippen molar-refractivity contribution in [2.24, 2.45) is 0 Å². The summed E-state index contributed by atoms with van der Waals surface area (Å²) in [5.41, 5.74) is 0.471. The Morgan fingerprint density at radius 2 is 2.25 bits per heavy atom. The summed E-state index contributed by atoms with van der Waals surface area (Å²) in [6.07, 6.45) is 3.03. The summed E-state index contributed by atoms with van der Waals surface area (Å²) in [4.78, 5) is 0. The molecule has 0 fully saturated rings. The van der Waals surface area contributed by atoms with Crippen molar-refractivity contribution in [1.29, 1.82) is 0 Å². The highest BCUT2D eigenvalue weighted by Gasteiger charge is 1.97. The van der Waals surface area contributed by atoms with Gasteiger partial charge in [0.2, 0.25) is 0 Å². The Morgan fingerprint density at radius 1 is 1.50 bits per heavy atom. The molecule has 0 saturated carbocycles. The van der Waals surface area contributed by atoms with Crippen LogP contribution in [0.5, 0.6) is 0 Å². The number of hydrogen-bond acceptors (Lipinski definition) is 1. The van der Waals surface area contributed by atoms with Gasteiger partial charge < -0.3 is 5.11 Å². The maximum atomic E-state index is 12.9. The van der Waals surface area contributed by atoms with E-state index in [2.05, 4.69) is 15.9 Å². The van der Waals surface area contributed by atoms with Gasteiger partial charge in [-0.25, -0.2) is 4.39 Å². The van der Waals surface area contributed by atoms with Crippen LogP contribution >= 0.6 is 15.9 Å². The van der Waals surface area contributed by atoms with Gasteiger partial charge in [0, 0.05) is 10.0 Å². The zero-order chi connectivity index (χ0) is 8.97. The van der Waals surface area contributed by atoms with Crippen molar-refractivity contribution in [1.82, 2.24) is 0 Å². The summed E-state index contributed by atoms with van der Waals surface area (Å²) in [6, 6.07) is 4.66. The van der Waals surface area contributed by atoms with Gasteiger partial charge in [0.25, 0.3) is 0 Å². The fraction of sp³-hybridized carbons (Fsp3) is 0.111. The summed E-state index contributed by atoms with van der Waals surface area (Å²) in [6.45, 7) is -0.0774. The molecule has 1 nitrogen and oxygen atoms in total. The lowest BCUT2D eigenvalue weighted by molar-refractivity contribution is 0.343. The Hall–Kier alpha value is -0.670. The number of hydrogen-bond donors (Lipinski definition) is 1. The van der Waals surface area contributed by atoms with E-state index in [1.54, 1.807) is 18.2 Å². The Labute approximate surface area is 78.7 Å². The average Bonchev–Trinajstić information content (AvgIpc) is 2.07. The molecule has 1 rings (SSSR count). The minimum atomic E-state index is -0.289. The van der Waals surface area contributed by atoms with Crippen LogP contribution in [0.25, 0.3) is 6.08 Å². The molecule has 3 heteroatoms. The quantitative estimate of drug-likeness (QED) is 0.829. The average molecular weight is 231 g/mol. The lowest BCUT2D eigenvalue weighted by atomic mass is 10.2. The van der Waals surface area contributed by atoms with Gasteiger partial charge >= 0.3 is 0 Å². The van der Waals surface area contributed by atoms with Crippen LogP contribution in [0.2, 0.25) is 0 Å². The molecule has 0 heterocycles. The molecule has 0 amide bonds. The highest BCUT2D eigenvalue weighted by atomic mass is 79.9. The second-order valence-electron chi connectivity index (χ2n) is 2.25. The molecule has 0 radical (unpaired) electrons. The Kier molecular flexibility index (Phi) is 3.44. The van der Waals surface area contributed by atoms with E-state index in [0.29, 0.717) is 5.56 Å². The number of benzene rings is 1. The van der Waals surface area contributed by atoms with E-state index >= 15 is 0 Å². The van der Waals surface area contributed by atoms with E-state index < -0.39 is 0 Å². The molecule has 0 spiro atoms. The summed E-state index contributed by atoms with van der Waals surface area (Å²) < 4.78 is 13.8. The SMILES string of the molecule is OCC=Cc1cc(Br)ccc1F. The van der Waals surface area contributed by atoms with Gasteiger partial charge in [0.1, 0.15) is 5.82 Å². The third-order valence-corrected chi connectivity index (χ3v) is 1.85. The minimum absolute atomic E-state index is 0.0774. The van der Waals surface area contributed by atoms with Crippen LogP contribution in [-0.2, 0) is 0 Å². The molecular formula is C9H8BrFO. The van der Waals surface area contributed by atoms with Crippen LogP contribution < -0.4 is 0 Å². The van der Waals surface area contributed by atoms with E-state index in [-0.39, 0.29) is 12.4 Å². The molecule has 64 valence electrons. The summed E-state index contributed by atoms with van der Waals surface area (Å²) >= 11 is 3.23. The maximum absolute atomic E-state index is 12.9. The third-order valence-electron chi connectivity index (χ3n) is 1.36. The van der Waals surface area contributed by atoms with Gasteiger partial charge in [-0.1, -0.05) is 28.1 Å². The number of halogens is 2. The van der Waals surface area contributed by atoms with Gasteiger partial charge in [0.05, 0.1) is 6.61 Å². The van der Waals surface area contributed by atoms with Crippen LogP contribution in [0.1, 0.15) is 5.56 Å². The van der Waals surface area contributed by atoms with Crippen LogP contribution in [0.15, 0.2) is 28.7 Å². The Morgan fingerprint density at radius 3 is 2.92 bits per heavy atom. The maximum Gasteiger partial charge on any atom is 0.130 e. The van der Waals surface area contributed by atoms with E-state index in [0.717, 1.165) is 4.47 Å². The molecule has 0 atom stereocenters. The molecule has 1 N–H and O–H groups in total. The zero-order valence-corrected chi connectivity index (χ0v) is 7.88. The third kappa shape index (κ3) is 2.43. The molecule has 0 saturated heterocycles. The van der Waals surface area contributed by atoms with Crippen LogP contribution in [-0.4, -0.2) is 11.7 Å². The van der Waals surface area contributed by atoms with E-state index in [1.807, 2.05) is 0 Å². The first-order valence-corrected chi connectivity index (χ1v) is 4.26. The number of aliphatic hydroxyl groups is 1. The first kappa shape index (κ1) is 9.42. The highest BCUT2D eigenvalue weighted by Crippen LogP contribution is 2.16. The van der Waals surface area contributed by atoms with Crippen molar-refractivity contribution < 1.29 is 9.50 Å². The topological polar surface area (TPSA) is 20.2 Å². The zero-order valence-electron chi connectivity index (χ0n) is 6.30. The van der Waals surface area contributed by atoms with Gasteiger partial charge in [-0.2, -0.15) is 0 Å². The van der Waals surface area contributed by atoms with E-state index in [1.165, 1.54) is 12.1 Å². The van der Waals surface area contributed by atoms with Crippen LogP contribution in [0.3, 0.4) is 0 Å². The largest absolute Gasteiger partial charge is 0.392 e. The van der Waals surface area contributed by atoms with E-state index in [9.17, 15) is 4.39 Å². The van der Waals surface area contributed by atoms with Gasteiger partial charge in [-0.15, -0.1) is 0 Å². The fourth-order valence-corrected chi connectivity index (χ4v) is 1.20. The summed E-state index contributed by atoms with van der Waals surface area (Å²) in [5.74, 6) is -0.289. The molecule has 0 aliphatic heterocycles. The second-order valence-corrected chi connectivity index (χ2v) is 3.17. The molecular weight excluding hydrogens is 223 g/mol. The molecule has 1 aromatic rings. The van der Waals surface area contributed by atoms with Crippen molar-refractivity contribution in [3.8, 4) is 0 Å². The first-order valence-electron chi connectivity index (χ1n) is 3.46. The highest BCUT2D eigenvalue weighted by molar-refractivity contribution is 9.10. The smallest absolute Gasteiger partial charge is 0.130 e. The van der Waals surface area contributed by atoms with Crippen molar-refractivity contribution in [2.75, 3.05) is 6.61 Å². The van der Waals surface area contributed by atoms with Crippen molar-refractivity contribution in [3.05, 3.63) is 40.1 Å². The predicted molar refractivity (Wildman–Crippen MR) is 50.2 cm³/mol. The Bertz CT molecular complexity index is 297. The second kappa shape index (κ2) is 4.38. The van der Waals surface area contributed by atoms with Crippen molar-refractivity contribution >= 4 is 22.0 Å². The molecule has 0 aliphatic rings. The Balaban J connectivity index is 2.97. The monoisotopic (exact) mass is 230 g/mol. The standard InChI is InChI=1S/C9H8BrFO/c10-8-3-4-9(11)7(6-8)2-1-5-12/h1-4,6,12H,5H2. The van der Waals surface area contributed by atoms with Gasteiger partial charge in [-0.3, -0.25) is 0 Å². The summed E-state index contributed by atoms with van der Waals surface area (Å²) in [7, 11) is 0. The van der Waals surface area contributed by atoms with Gasteiger partial charge in [-0.05, 0) is 18.2 Å². The number of aliphatic hydroxyl groups excluding tert-OH is 1. The van der Waals surface area contributed by atoms with Crippen LogP contribution in [0.4, 0.5) is 4.39 Å². The normalized spacial score (nSPS) is 10.9. The molecule has 0 unspecified atom stereocenters. The molecule has 0 aliphatic carbocycles. The van der Waals surface area contributed by atoms with E-state index in [4.69, 9.17) is 5.11 Å². The number of rotatable bonds is 2. The summed E-state index contributed by atoms with van der Waals surface area (Å²) in [5, 5.41) is 8.47. The lowest BCUT2D eigenvalue weighted by Crippen LogP contribution is -1.81. The lowest BCUT2D eigenvalue weighted by Gasteiger charge is -1.96. The predicted octanol–water partition coefficient (Wildman–Crippen LogP) is 2.59. The minimum Gasteiger partial charge on any atom is -0.392 e. The first-order chi connectivity index (χ1) is 5.74.